The van der Waals surface area contributed by atoms with Crippen LogP contribution in [0.4, 0.5) is 0 Å². The minimum Gasteiger partial charge on any atom is -0.461 e. The summed E-state index contributed by atoms with van der Waals surface area (Å²) >= 11 is 0. The fourth-order valence-corrected chi connectivity index (χ4v) is 4.35. The zero-order chi connectivity index (χ0) is 24.2. The van der Waals surface area contributed by atoms with Crippen molar-refractivity contribution in [1.82, 2.24) is 5.32 Å². The SMILES string of the molecule is CC1(C)OB(c2ccc(/C=C/CN[C@H](C(=O)OC3CCCC3)c3ccccc3)cc2)OC1(C)C. The lowest BCUT2D eigenvalue weighted by molar-refractivity contribution is -0.151. The van der Waals surface area contributed by atoms with Crippen LogP contribution in [0.25, 0.3) is 6.08 Å². The molecule has 0 spiro atoms. The number of carbonyl (C=O) groups excluding carboxylic acids is 1. The number of carbonyl (C=O) groups is 1. The smallest absolute Gasteiger partial charge is 0.461 e. The van der Waals surface area contributed by atoms with Gasteiger partial charge in [-0.3, -0.25) is 5.32 Å². The Hall–Kier alpha value is -2.41. The third kappa shape index (κ3) is 5.80. The van der Waals surface area contributed by atoms with Gasteiger partial charge in [0.25, 0.3) is 0 Å². The number of hydrogen-bond donors (Lipinski definition) is 1. The Morgan fingerprint density at radius 1 is 1.03 bits per heavy atom. The third-order valence-corrected chi connectivity index (χ3v) is 7.17. The fourth-order valence-electron chi connectivity index (χ4n) is 4.35. The summed E-state index contributed by atoms with van der Waals surface area (Å²) < 4.78 is 18.1. The van der Waals surface area contributed by atoms with Crippen LogP contribution in [0.3, 0.4) is 0 Å². The van der Waals surface area contributed by atoms with Gasteiger partial charge in [0, 0.05) is 6.54 Å². The second-order valence-electron chi connectivity index (χ2n) is 10.3. The summed E-state index contributed by atoms with van der Waals surface area (Å²) in [4.78, 5) is 12.9. The molecule has 2 fully saturated rings. The van der Waals surface area contributed by atoms with E-state index in [-0.39, 0.29) is 30.4 Å². The number of hydrogen-bond acceptors (Lipinski definition) is 5. The van der Waals surface area contributed by atoms with Crippen molar-refractivity contribution in [3.05, 3.63) is 71.8 Å². The lowest BCUT2D eigenvalue weighted by atomic mass is 9.79. The Balaban J connectivity index is 1.34. The molecule has 2 aliphatic rings. The predicted octanol–water partition coefficient (Wildman–Crippen LogP) is 4.82. The predicted molar refractivity (Wildman–Crippen MR) is 137 cm³/mol. The van der Waals surface area contributed by atoms with Crippen molar-refractivity contribution >= 4 is 24.6 Å². The highest BCUT2D eigenvalue weighted by molar-refractivity contribution is 6.62. The first kappa shape index (κ1) is 24.7. The van der Waals surface area contributed by atoms with Crippen molar-refractivity contribution in [2.24, 2.45) is 0 Å². The molecular formula is C28H36BNO4. The molecule has 34 heavy (non-hydrogen) atoms. The van der Waals surface area contributed by atoms with E-state index in [4.69, 9.17) is 14.0 Å². The molecule has 4 rings (SSSR count). The number of benzene rings is 2. The molecule has 1 aliphatic carbocycles. The molecule has 0 aromatic heterocycles. The van der Waals surface area contributed by atoms with Crippen molar-refractivity contribution < 1.29 is 18.8 Å². The van der Waals surface area contributed by atoms with Crippen LogP contribution in [0.15, 0.2) is 60.7 Å². The molecule has 2 aromatic carbocycles. The molecule has 6 heteroatoms. The van der Waals surface area contributed by atoms with Gasteiger partial charge in [-0.25, -0.2) is 4.79 Å². The number of rotatable bonds is 8. The highest BCUT2D eigenvalue weighted by atomic mass is 16.7. The maximum Gasteiger partial charge on any atom is 0.494 e. The molecule has 1 saturated heterocycles. The van der Waals surface area contributed by atoms with E-state index in [1.165, 1.54) is 0 Å². The Morgan fingerprint density at radius 3 is 2.26 bits per heavy atom. The fraction of sp³-hybridized carbons (Fsp3) is 0.464. The Morgan fingerprint density at radius 2 is 1.65 bits per heavy atom. The second-order valence-corrected chi connectivity index (χ2v) is 10.3. The summed E-state index contributed by atoms with van der Waals surface area (Å²) in [7, 11) is -0.359. The van der Waals surface area contributed by atoms with Crippen molar-refractivity contribution in [1.29, 1.82) is 0 Å². The van der Waals surface area contributed by atoms with Crippen molar-refractivity contribution in [3.8, 4) is 0 Å². The van der Waals surface area contributed by atoms with E-state index in [1.807, 2.05) is 54.6 Å². The van der Waals surface area contributed by atoms with Crippen LogP contribution in [0.2, 0.25) is 0 Å². The zero-order valence-electron chi connectivity index (χ0n) is 20.8. The van der Waals surface area contributed by atoms with Gasteiger partial charge in [0.15, 0.2) is 0 Å². The van der Waals surface area contributed by atoms with Crippen LogP contribution in [-0.2, 0) is 18.8 Å². The minimum absolute atomic E-state index is 0.0542. The van der Waals surface area contributed by atoms with Crippen LogP contribution >= 0.6 is 0 Å². The first-order valence-corrected chi connectivity index (χ1v) is 12.4. The zero-order valence-corrected chi connectivity index (χ0v) is 20.8. The van der Waals surface area contributed by atoms with E-state index in [1.54, 1.807) is 0 Å². The summed E-state index contributed by atoms with van der Waals surface area (Å²) in [6.45, 7) is 8.79. The van der Waals surface area contributed by atoms with E-state index in [0.29, 0.717) is 6.54 Å². The summed E-state index contributed by atoms with van der Waals surface area (Å²) in [6.07, 6.45) is 8.34. The van der Waals surface area contributed by atoms with Crippen LogP contribution in [0.1, 0.15) is 70.5 Å². The van der Waals surface area contributed by atoms with Gasteiger partial charge in [-0.1, -0.05) is 66.7 Å². The Labute approximate surface area is 204 Å². The molecule has 1 aliphatic heterocycles. The lowest BCUT2D eigenvalue weighted by Crippen LogP contribution is -2.41. The normalized spacial score (nSPS) is 20.6. The van der Waals surface area contributed by atoms with E-state index < -0.39 is 6.04 Å². The molecule has 0 unspecified atom stereocenters. The van der Waals surface area contributed by atoms with E-state index in [9.17, 15) is 4.79 Å². The van der Waals surface area contributed by atoms with Crippen LogP contribution in [0.5, 0.6) is 0 Å². The summed E-state index contributed by atoms with van der Waals surface area (Å²) in [6, 6.07) is 17.5. The highest BCUT2D eigenvalue weighted by Crippen LogP contribution is 2.36. The first-order chi connectivity index (χ1) is 16.2. The molecule has 2 aromatic rings. The summed E-state index contributed by atoms with van der Waals surface area (Å²) in [5, 5.41) is 3.35. The van der Waals surface area contributed by atoms with E-state index in [2.05, 4.69) is 45.1 Å². The largest absolute Gasteiger partial charge is 0.494 e. The molecule has 0 radical (unpaired) electrons. The maximum absolute atomic E-state index is 12.9. The quantitative estimate of drug-likeness (QED) is 0.452. The third-order valence-electron chi connectivity index (χ3n) is 7.17. The van der Waals surface area contributed by atoms with E-state index in [0.717, 1.165) is 42.3 Å². The van der Waals surface area contributed by atoms with Gasteiger partial charge in [-0.2, -0.15) is 0 Å². The van der Waals surface area contributed by atoms with Gasteiger partial charge in [0.2, 0.25) is 0 Å². The van der Waals surface area contributed by atoms with Crippen LogP contribution < -0.4 is 10.8 Å². The second kappa shape index (κ2) is 10.5. The number of nitrogens with one attached hydrogen (secondary N) is 1. The van der Waals surface area contributed by atoms with Gasteiger partial charge >= 0.3 is 13.1 Å². The molecule has 1 atom stereocenters. The molecule has 0 amide bonds. The maximum atomic E-state index is 12.9. The van der Waals surface area contributed by atoms with Crippen LogP contribution in [0, 0.1) is 0 Å². The Bertz CT molecular complexity index is 965. The van der Waals surface area contributed by atoms with Crippen molar-refractivity contribution in [3.63, 3.8) is 0 Å². The average Bonchev–Trinajstić information content (AvgIpc) is 3.39. The number of ether oxygens (including phenoxy) is 1. The van der Waals surface area contributed by atoms with Crippen LogP contribution in [-0.4, -0.2) is 36.9 Å². The highest BCUT2D eigenvalue weighted by Gasteiger charge is 2.51. The van der Waals surface area contributed by atoms with E-state index >= 15 is 0 Å². The first-order valence-electron chi connectivity index (χ1n) is 12.4. The molecule has 0 bridgehead atoms. The van der Waals surface area contributed by atoms with Crippen molar-refractivity contribution in [2.75, 3.05) is 6.54 Å². The summed E-state index contributed by atoms with van der Waals surface area (Å²) in [5.74, 6) is -0.196. The average molecular weight is 461 g/mol. The molecule has 1 N–H and O–H groups in total. The van der Waals surface area contributed by atoms with Crippen molar-refractivity contribution in [2.45, 2.75) is 76.7 Å². The Kier molecular flexibility index (Phi) is 7.61. The summed E-state index contributed by atoms with van der Waals surface area (Å²) in [5.41, 5.74) is 2.30. The van der Waals surface area contributed by atoms with Gasteiger partial charge < -0.3 is 14.0 Å². The lowest BCUT2D eigenvalue weighted by Gasteiger charge is -2.32. The standard InChI is InChI=1S/C28H36BNO4/c1-27(2)28(3,4)34-29(33-27)23-18-16-21(17-19-23)11-10-20-30-25(22-12-6-5-7-13-22)26(31)32-24-14-8-9-15-24/h5-7,10-13,16-19,24-25,30H,8-9,14-15,20H2,1-4H3/b11-10+/t25-/m0/s1. The monoisotopic (exact) mass is 461 g/mol. The van der Waals surface area contributed by atoms with Gasteiger partial charge in [0.05, 0.1) is 11.2 Å². The molecule has 5 nitrogen and oxygen atoms in total. The van der Waals surface area contributed by atoms with Gasteiger partial charge in [0.1, 0.15) is 12.1 Å². The van der Waals surface area contributed by atoms with Gasteiger partial charge in [-0.15, -0.1) is 0 Å². The topological polar surface area (TPSA) is 56.8 Å². The van der Waals surface area contributed by atoms with Gasteiger partial charge in [-0.05, 0) is 70.0 Å². The molecule has 180 valence electrons. The molecule has 1 heterocycles. The molecule has 1 saturated carbocycles. The number of esters is 1. The molecular weight excluding hydrogens is 425 g/mol. The minimum atomic E-state index is -0.475.